The van der Waals surface area contributed by atoms with E-state index >= 15 is 0 Å². The van der Waals surface area contributed by atoms with E-state index in [9.17, 15) is 13.2 Å². The van der Waals surface area contributed by atoms with Crippen molar-refractivity contribution in [1.29, 1.82) is 0 Å². The van der Waals surface area contributed by atoms with Gasteiger partial charge in [0.05, 0.1) is 16.7 Å². The van der Waals surface area contributed by atoms with Gasteiger partial charge in [0.1, 0.15) is 5.75 Å². The molecule has 0 amide bonds. The van der Waals surface area contributed by atoms with Gasteiger partial charge in [-0.2, -0.15) is 13.5 Å². The van der Waals surface area contributed by atoms with Gasteiger partial charge in [0.25, 0.3) is 10.0 Å². The molecule has 3 aromatic carbocycles. The fourth-order valence-electron chi connectivity index (χ4n) is 2.23. The summed E-state index contributed by atoms with van der Waals surface area (Å²) in [5, 5.41) is 4.20. The topological polar surface area (TPSA) is 84.8 Å². The maximum absolute atomic E-state index is 12.1. The first kappa shape index (κ1) is 19.6. The number of ether oxygens (including phenoxy) is 1. The van der Waals surface area contributed by atoms with E-state index in [1.54, 1.807) is 60.7 Å². The van der Waals surface area contributed by atoms with Gasteiger partial charge in [-0.1, -0.05) is 35.9 Å². The zero-order valence-corrected chi connectivity index (χ0v) is 16.0. The van der Waals surface area contributed by atoms with Gasteiger partial charge >= 0.3 is 5.97 Å². The van der Waals surface area contributed by atoms with Crippen LogP contribution in [0, 0.1) is 0 Å². The molecule has 1 N–H and O–H groups in total. The Morgan fingerprint density at radius 2 is 1.68 bits per heavy atom. The minimum atomic E-state index is -3.72. The third-order valence-corrected chi connectivity index (χ3v) is 5.06. The van der Waals surface area contributed by atoms with Gasteiger partial charge < -0.3 is 4.74 Å². The zero-order chi connectivity index (χ0) is 20.0. The van der Waals surface area contributed by atoms with Crippen molar-refractivity contribution in [3.63, 3.8) is 0 Å². The number of nitrogens with zero attached hydrogens (tertiary/aromatic N) is 1. The highest BCUT2D eigenvalue weighted by atomic mass is 35.5. The third kappa shape index (κ3) is 5.18. The molecular weight excluding hydrogens is 400 g/mol. The lowest BCUT2D eigenvalue weighted by Crippen LogP contribution is -2.18. The van der Waals surface area contributed by atoms with Crippen LogP contribution in [0.15, 0.2) is 88.9 Å². The highest BCUT2D eigenvalue weighted by molar-refractivity contribution is 7.89. The molecule has 0 aliphatic heterocycles. The first-order valence-electron chi connectivity index (χ1n) is 8.12. The van der Waals surface area contributed by atoms with Crippen molar-refractivity contribution in [2.75, 3.05) is 0 Å². The number of hydrogen-bond acceptors (Lipinski definition) is 5. The molecule has 8 heteroatoms. The van der Waals surface area contributed by atoms with Crippen molar-refractivity contribution >= 4 is 33.8 Å². The van der Waals surface area contributed by atoms with Crippen molar-refractivity contribution in [2.45, 2.75) is 4.90 Å². The molecule has 0 saturated carbocycles. The molecule has 6 nitrogen and oxygen atoms in total. The Labute approximate surface area is 167 Å². The Morgan fingerprint density at radius 3 is 2.36 bits per heavy atom. The number of benzene rings is 3. The molecule has 0 spiro atoms. The average Bonchev–Trinajstić information content (AvgIpc) is 2.70. The maximum atomic E-state index is 12.1. The Bertz CT molecular complexity index is 1100. The Hall–Kier alpha value is -3.16. The van der Waals surface area contributed by atoms with Gasteiger partial charge in [0.15, 0.2) is 0 Å². The summed E-state index contributed by atoms with van der Waals surface area (Å²) in [5.41, 5.74) is 0.965. The molecule has 0 radical (unpaired) electrons. The highest BCUT2D eigenvalue weighted by Gasteiger charge is 2.11. The molecule has 0 bridgehead atoms. The minimum Gasteiger partial charge on any atom is -0.423 e. The van der Waals surface area contributed by atoms with Crippen LogP contribution in [-0.2, 0) is 10.0 Å². The second-order valence-electron chi connectivity index (χ2n) is 5.63. The average molecular weight is 415 g/mol. The summed E-state index contributed by atoms with van der Waals surface area (Å²) in [6.45, 7) is 0. The van der Waals surface area contributed by atoms with E-state index < -0.39 is 16.0 Å². The molecule has 3 rings (SSSR count). The van der Waals surface area contributed by atoms with Crippen LogP contribution in [0.4, 0.5) is 0 Å². The number of halogens is 1. The lowest BCUT2D eigenvalue weighted by Gasteiger charge is -2.05. The van der Waals surface area contributed by atoms with Crippen molar-refractivity contribution in [2.24, 2.45) is 5.10 Å². The van der Waals surface area contributed by atoms with Crippen LogP contribution in [0.1, 0.15) is 15.9 Å². The number of sulfonamides is 1. The maximum Gasteiger partial charge on any atom is 0.343 e. The molecule has 0 heterocycles. The summed E-state index contributed by atoms with van der Waals surface area (Å²) in [6.07, 6.45) is 1.35. The van der Waals surface area contributed by atoms with Crippen molar-refractivity contribution in [3.05, 3.63) is 95.0 Å². The molecule has 0 atom stereocenters. The number of hydrogen-bond donors (Lipinski definition) is 1. The molecule has 28 heavy (non-hydrogen) atoms. The fraction of sp³-hybridized carbons (Fsp3) is 0. The molecule has 142 valence electrons. The second kappa shape index (κ2) is 8.69. The number of nitrogens with one attached hydrogen (secondary N) is 1. The zero-order valence-electron chi connectivity index (χ0n) is 14.4. The van der Waals surface area contributed by atoms with Gasteiger partial charge in [-0.05, 0) is 60.2 Å². The van der Waals surface area contributed by atoms with Crippen LogP contribution in [-0.4, -0.2) is 20.6 Å². The minimum absolute atomic E-state index is 0.121. The van der Waals surface area contributed by atoms with Crippen molar-refractivity contribution in [1.82, 2.24) is 4.83 Å². The summed E-state index contributed by atoms with van der Waals surface area (Å²) >= 11 is 5.86. The molecular formula is C20H15ClN2O4S. The largest absolute Gasteiger partial charge is 0.423 e. The predicted molar refractivity (Wildman–Crippen MR) is 107 cm³/mol. The normalized spacial score (nSPS) is 11.3. The lowest BCUT2D eigenvalue weighted by atomic mass is 10.2. The Kier molecular flexibility index (Phi) is 6.08. The number of esters is 1. The smallest absolute Gasteiger partial charge is 0.343 e. The van der Waals surface area contributed by atoms with Crippen LogP contribution in [0.25, 0.3) is 0 Å². The Balaban J connectivity index is 1.61. The van der Waals surface area contributed by atoms with Crippen LogP contribution >= 0.6 is 11.6 Å². The SMILES string of the molecule is O=C(Oc1ccc(/C=N/NS(=O)(=O)c2ccccc2)cc1)c1cccc(Cl)c1. The summed E-state index contributed by atoms with van der Waals surface area (Å²) in [5.74, 6) is -0.188. The van der Waals surface area contributed by atoms with E-state index in [2.05, 4.69) is 9.93 Å². The van der Waals surface area contributed by atoms with Gasteiger partial charge in [0.2, 0.25) is 0 Å². The first-order valence-corrected chi connectivity index (χ1v) is 9.98. The molecule has 0 saturated heterocycles. The van der Waals surface area contributed by atoms with E-state index in [4.69, 9.17) is 16.3 Å². The molecule has 3 aromatic rings. The van der Waals surface area contributed by atoms with E-state index in [1.807, 2.05) is 0 Å². The van der Waals surface area contributed by atoms with Gasteiger partial charge in [-0.25, -0.2) is 9.63 Å². The van der Waals surface area contributed by atoms with Crippen LogP contribution in [0.2, 0.25) is 5.02 Å². The number of carbonyl (C=O) groups is 1. The monoisotopic (exact) mass is 414 g/mol. The fourth-order valence-corrected chi connectivity index (χ4v) is 3.23. The van der Waals surface area contributed by atoms with Gasteiger partial charge in [-0.3, -0.25) is 0 Å². The van der Waals surface area contributed by atoms with Crippen molar-refractivity contribution < 1.29 is 17.9 Å². The van der Waals surface area contributed by atoms with E-state index in [0.717, 1.165) is 0 Å². The summed E-state index contributed by atoms with van der Waals surface area (Å²) in [7, 11) is -3.72. The number of hydrazone groups is 1. The number of rotatable bonds is 6. The van der Waals surface area contributed by atoms with Gasteiger partial charge in [0, 0.05) is 5.02 Å². The molecule has 0 aliphatic rings. The summed E-state index contributed by atoms with van der Waals surface area (Å²) < 4.78 is 29.4. The van der Waals surface area contributed by atoms with Crippen LogP contribution in [0.3, 0.4) is 0 Å². The third-order valence-electron chi connectivity index (χ3n) is 3.59. The lowest BCUT2D eigenvalue weighted by molar-refractivity contribution is 0.0734. The Morgan fingerprint density at radius 1 is 0.964 bits per heavy atom. The molecule has 0 unspecified atom stereocenters. The van der Waals surface area contributed by atoms with Crippen LogP contribution in [0.5, 0.6) is 5.75 Å². The van der Waals surface area contributed by atoms with Crippen LogP contribution < -0.4 is 9.57 Å². The van der Waals surface area contributed by atoms with E-state index in [0.29, 0.717) is 21.9 Å². The summed E-state index contributed by atoms with van der Waals surface area (Å²) in [4.78, 5) is 14.3. The van der Waals surface area contributed by atoms with Gasteiger partial charge in [-0.15, -0.1) is 0 Å². The van der Waals surface area contributed by atoms with Crippen molar-refractivity contribution in [3.8, 4) is 5.75 Å². The molecule has 0 fully saturated rings. The van der Waals surface area contributed by atoms with E-state index in [-0.39, 0.29) is 4.90 Å². The molecule has 0 aromatic heterocycles. The predicted octanol–water partition coefficient (Wildman–Crippen LogP) is 3.87. The molecule has 0 aliphatic carbocycles. The first-order chi connectivity index (χ1) is 13.4. The quantitative estimate of drug-likeness (QED) is 0.287. The number of carbonyl (C=O) groups excluding carboxylic acids is 1. The van der Waals surface area contributed by atoms with E-state index in [1.165, 1.54) is 24.4 Å². The second-order valence-corrected chi connectivity index (χ2v) is 7.73. The highest BCUT2D eigenvalue weighted by Crippen LogP contribution is 2.16. The standard InChI is InChI=1S/C20H15ClN2O4S/c21-17-6-4-5-16(13-17)20(24)27-18-11-9-15(10-12-18)14-22-23-28(25,26)19-7-2-1-3-8-19/h1-14,23H/b22-14+. The summed E-state index contributed by atoms with van der Waals surface area (Å²) in [6, 6.07) is 20.8.